The van der Waals surface area contributed by atoms with Crippen molar-refractivity contribution >= 4 is 27.2 Å². The predicted octanol–water partition coefficient (Wildman–Crippen LogP) is 2.22. The quantitative estimate of drug-likeness (QED) is 0.900. The van der Waals surface area contributed by atoms with Crippen LogP contribution < -0.4 is 10.2 Å². The molecule has 6 nitrogen and oxygen atoms in total. The van der Waals surface area contributed by atoms with E-state index in [2.05, 4.69) is 10.3 Å². The SMILES string of the molecule is CN(c1ccc(NC(=O)C2CCCCC2)nc1)C1CCS(=O)(=O)C1. The molecule has 0 bridgehead atoms. The molecule has 2 fully saturated rings. The summed E-state index contributed by atoms with van der Waals surface area (Å²) in [6.45, 7) is 0. The van der Waals surface area contributed by atoms with Crippen LogP contribution in [0.5, 0.6) is 0 Å². The second-order valence-electron chi connectivity index (χ2n) is 6.89. The van der Waals surface area contributed by atoms with Crippen LogP contribution in [0, 0.1) is 5.92 Å². The molecule has 0 radical (unpaired) electrons. The van der Waals surface area contributed by atoms with Gasteiger partial charge >= 0.3 is 0 Å². The third-order valence-electron chi connectivity index (χ3n) is 5.14. The first-order valence-corrected chi connectivity index (χ1v) is 10.5. The fourth-order valence-corrected chi connectivity index (χ4v) is 5.33. The van der Waals surface area contributed by atoms with E-state index < -0.39 is 9.84 Å². The molecule has 1 aliphatic heterocycles. The number of nitrogens with zero attached hydrogens (tertiary/aromatic N) is 2. The average Bonchev–Trinajstić information content (AvgIpc) is 2.95. The third kappa shape index (κ3) is 4.06. The summed E-state index contributed by atoms with van der Waals surface area (Å²) in [5, 5.41) is 2.90. The van der Waals surface area contributed by atoms with Crippen LogP contribution in [-0.2, 0) is 14.6 Å². The molecule has 2 heterocycles. The van der Waals surface area contributed by atoms with Crippen molar-refractivity contribution in [1.82, 2.24) is 4.98 Å². The Morgan fingerprint density at radius 1 is 1.21 bits per heavy atom. The number of pyridine rings is 1. The smallest absolute Gasteiger partial charge is 0.228 e. The summed E-state index contributed by atoms with van der Waals surface area (Å²) in [7, 11) is -1.01. The van der Waals surface area contributed by atoms with E-state index in [9.17, 15) is 13.2 Å². The van der Waals surface area contributed by atoms with Crippen molar-refractivity contribution in [2.45, 2.75) is 44.6 Å². The molecule has 0 aromatic carbocycles. The number of nitrogens with one attached hydrogen (secondary N) is 1. The number of carbonyl (C=O) groups is 1. The first-order chi connectivity index (χ1) is 11.4. The number of aromatic nitrogens is 1. The molecule has 1 amide bonds. The van der Waals surface area contributed by atoms with Crippen molar-refractivity contribution in [1.29, 1.82) is 0 Å². The molecule has 0 spiro atoms. The Morgan fingerprint density at radius 3 is 2.54 bits per heavy atom. The fraction of sp³-hybridized carbons (Fsp3) is 0.647. The van der Waals surface area contributed by atoms with Crippen LogP contribution in [0.2, 0.25) is 0 Å². The van der Waals surface area contributed by atoms with E-state index in [-0.39, 0.29) is 29.4 Å². The van der Waals surface area contributed by atoms with Gasteiger partial charge in [-0.15, -0.1) is 0 Å². The summed E-state index contributed by atoms with van der Waals surface area (Å²) in [5.41, 5.74) is 0.868. The van der Waals surface area contributed by atoms with Gasteiger partial charge in [0.1, 0.15) is 5.82 Å². The highest BCUT2D eigenvalue weighted by Gasteiger charge is 2.31. The van der Waals surface area contributed by atoms with Crippen LogP contribution in [0.25, 0.3) is 0 Å². The molecular formula is C17H25N3O3S. The lowest BCUT2D eigenvalue weighted by molar-refractivity contribution is -0.120. The van der Waals surface area contributed by atoms with Gasteiger partial charge in [-0.1, -0.05) is 19.3 Å². The largest absolute Gasteiger partial charge is 0.369 e. The standard InChI is InChI=1S/C17H25N3O3S/c1-20(15-9-10-24(22,23)12-15)14-7-8-16(18-11-14)19-17(21)13-5-3-2-4-6-13/h7-8,11,13,15H,2-6,9-10,12H2,1H3,(H,18,19,21). The highest BCUT2D eigenvalue weighted by Crippen LogP contribution is 2.26. The molecule has 1 saturated heterocycles. The maximum Gasteiger partial charge on any atom is 0.228 e. The summed E-state index contributed by atoms with van der Waals surface area (Å²) < 4.78 is 23.2. The van der Waals surface area contributed by atoms with E-state index in [4.69, 9.17) is 0 Å². The van der Waals surface area contributed by atoms with E-state index in [1.54, 1.807) is 12.3 Å². The zero-order chi connectivity index (χ0) is 17.2. The van der Waals surface area contributed by atoms with Crippen molar-refractivity contribution < 1.29 is 13.2 Å². The Morgan fingerprint density at radius 2 is 1.96 bits per heavy atom. The van der Waals surface area contributed by atoms with Crippen LogP contribution in [0.4, 0.5) is 11.5 Å². The van der Waals surface area contributed by atoms with E-state index in [0.29, 0.717) is 12.2 Å². The highest BCUT2D eigenvalue weighted by atomic mass is 32.2. The minimum Gasteiger partial charge on any atom is -0.369 e. The highest BCUT2D eigenvalue weighted by molar-refractivity contribution is 7.91. The average molecular weight is 351 g/mol. The lowest BCUT2D eigenvalue weighted by atomic mass is 9.89. The van der Waals surface area contributed by atoms with Gasteiger partial charge in [-0.25, -0.2) is 13.4 Å². The van der Waals surface area contributed by atoms with Gasteiger partial charge in [-0.05, 0) is 31.4 Å². The van der Waals surface area contributed by atoms with E-state index in [1.165, 1.54) is 6.42 Å². The third-order valence-corrected chi connectivity index (χ3v) is 6.89. The van der Waals surface area contributed by atoms with Crippen molar-refractivity contribution in [2.75, 3.05) is 28.8 Å². The van der Waals surface area contributed by atoms with Crippen LogP contribution in [0.1, 0.15) is 38.5 Å². The molecule has 1 aromatic heterocycles. The minimum absolute atomic E-state index is 0.000482. The molecule has 1 unspecified atom stereocenters. The molecule has 1 saturated carbocycles. The van der Waals surface area contributed by atoms with Gasteiger partial charge in [0.15, 0.2) is 9.84 Å². The molecule has 7 heteroatoms. The predicted molar refractivity (Wildman–Crippen MR) is 94.9 cm³/mol. The summed E-state index contributed by atoms with van der Waals surface area (Å²) in [6, 6.07) is 3.67. The Labute approximate surface area is 143 Å². The number of hydrogen-bond acceptors (Lipinski definition) is 5. The Hall–Kier alpha value is -1.63. The molecular weight excluding hydrogens is 326 g/mol. The topological polar surface area (TPSA) is 79.4 Å². The molecule has 3 rings (SSSR count). The number of carbonyl (C=O) groups excluding carboxylic acids is 1. The summed E-state index contributed by atoms with van der Waals surface area (Å²) >= 11 is 0. The number of rotatable bonds is 4. The number of anilines is 2. The van der Waals surface area contributed by atoms with Crippen LogP contribution >= 0.6 is 0 Å². The molecule has 1 aromatic rings. The van der Waals surface area contributed by atoms with E-state index in [1.807, 2.05) is 18.0 Å². The van der Waals surface area contributed by atoms with Gasteiger partial charge in [0.05, 0.1) is 23.4 Å². The van der Waals surface area contributed by atoms with E-state index in [0.717, 1.165) is 31.4 Å². The molecule has 1 aliphatic carbocycles. The van der Waals surface area contributed by atoms with Gasteiger partial charge in [-0.2, -0.15) is 0 Å². The number of hydrogen-bond donors (Lipinski definition) is 1. The number of sulfone groups is 1. The Kier molecular flexibility index (Phi) is 5.08. The second-order valence-corrected chi connectivity index (χ2v) is 9.12. The molecule has 1 N–H and O–H groups in total. The van der Waals surface area contributed by atoms with Gasteiger partial charge in [0.25, 0.3) is 0 Å². The molecule has 24 heavy (non-hydrogen) atoms. The van der Waals surface area contributed by atoms with Crippen LogP contribution in [0.15, 0.2) is 18.3 Å². The zero-order valence-corrected chi connectivity index (χ0v) is 14.9. The van der Waals surface area contributed by atoms with Crippen LogP contribution in [-0.4, -0.2) is 43.9 Å². The zero-order valence-electron chi connectivity index (χ0n) is 14.1. The summed E-state index contributed by atoms with van der Waals surface area (Å²) in [5.74, 6) is 1.17. The lowest BCUT2D eigenvalue weighted by Crippen LogP contribution is -2.32. The Balaban J connectivity index is 1.59. The first kappa shape index (κ1) is 17.2. The monoisotopic (exact) mass is 351 g/mol. The fourth-order valence-electron chi connectivity index (χ4n) is 3.55. The molecule has 132 valence electrons. The lowest BCUT2D eigenvalue weighted by Gasteiger charge is -2.25. The normalized spacial score (nSPS) is 23.8. The van der Waals surface area contributed by atoms with Gasteiger partial charge in [0.2, 0.25) is 5.91 Å². The summed E-state index contributed by atoms with van der Waals surface area (Å²) in [4.78, 5) is 18.5. The minimum atomic E-state index is -2.90. The first-order valence-electron chi connectivity index (χ1n) is 8.65. The van der Waals surface area contributed by atoms with Crippen molar-refractivity contribution in [3.05, 3.63) is 18.3 Å². The van der Waals surface area contributed by atoms with Crippen molar-refractivity contribution in [3.63, 3.8) is 0 Å². The Bertz CT molecular complexity index is 682. The maximum atomic E-state index is 12.2. The maximum absolute atomic E-state index is 12.2. The van der Waals surface area contributed by atoms with E-state index >= 15 is 0 Å². The molecule has 1 atom stereocenters. The second kappa shape index (κ2) is 7.09. The van der Waals surface area contributed by atoms with Gasteiger partial charge < -0.3 is 10.2 Å². The van der Waals surface area contributed by atoms with Gasteiger partial charge in [-0.3, -0.25) is 4.79 Å². The number of amides is 1. The van der Waals surface area contributed by atoms with Crippen molar-refractivity contribution in [2.24, 2.45) is 5.92 Å². The summed E-state index contributed by atoms with van der Waals surface area (Å²) in [6.07, 6.45) is 7.74. The van der Waals surface area contributed by atoms with Crippen molar-refractivity contribution in [3.8, 4) is 0 Å². The van der Waals surface area contributed by atoms with Crippen LogP contribution in [0.3, 0.4) is 0 Å². The molecule has 2 aliphatic rings. The van der Waals surface area contributed by atoms with Gasteiger partial charge in [0, 0.05) is 19.0 Å².